The number of ether oxygens (including phenoxy) is 3. The summed E-state index contributed by atoms with van der Waals surface area (Å²) in [4.78, 5) is 0. The van der Waals surface area contributed by atoms with Crippen molar-refractivity contribution >= 4 is 0 Å². The van der Waals surface area contributed by atoms with Crippen LogP contribution in [0, 0.1) is 0 Å². The lowest BCUT2D eigenvalue weighted by Gasteiger charge is -2.50. The normalized spacial score (nSPS) is 35.5. The molecule has 2 aliphatic heterocycles. The van der Waals surface area contributed by atoms with Gasteiger partial charge in [0.25, 0.3) is 0 Å². The van der Waals surface area contributed by atoms with Gasteiger partial charge in [-0.1, -0.05) is 6.92 Å². The van der Waals surface area contributed by atoms with Crippen LogP contribution in [0.25, 0.3) is 0 Å². The van der Waals surface area contributed by atoms with Crippen LogP contribution in [0.3, 0.4) is 0 Å². The molecule has 1 atom stereocenters. The Balaban J connectivity index is 1.69. The molecule has 1 N–H and O–H groups in total. The molecular weight excluding hydrogens is 218 g/mol. The van der Waals surface area contributed by atoms with Gasteiger partial charge in [-0.2, -0.15) is 0 Å². The fourth-order valence-corrected chi connectivity index (χ4v) is 3.62. The Bertz CT molecular complexity index is 266. The van der Waals surface area contributed by atoms with E-state index in [4.69, 9.17) is 14.2 Å². The number of morpholine rings is 1. The number of nitrogens with one attached hydrogen (secondary N) is 1. The van der Waals surface area contributed by atoms with E-state index in [0.717, 1.165) is 58.5 Å². The van der Waals surface area contributed by atoms with Gasteiger partial charge in [0.2, 0.25) is 0 Å². The molecule has 3 fully saturated rings. The van der Waals surface area contributed by atoms with Crippen molar-refractivity contribution in [1.82, 2.24) is 5.32 Å². The molecule has 98 valence electrons. The molecule has 1 aliphatic carbocycles. The fraction of sp³-hybridized carbons (Fsp3) is 1.00. The van der Waals surface area contributed by atoms with Crippen molar-refractivity contribution in [3.05, 3.63) is 0 Å². The molecule has 0 amide bonds. The Morgan fingerprint density at radius 1 is 1.00 bits per heavy atom. The summed E-state index contributed by atoms with van der Waals surface area (Å²) in [5, 5.41) is 3.60. The third-order valence-corrected chi connectivity index (χ3v) is 4.60. The summed E-state index contributed by atoms with van der Waals surface area (Å²) in [5.74, 6) is -0.273. The lowest BCUT2D eigenvalue weighted by molar-refractivity contribution is -0.221. The molecule has 4 heteroatoms. The van der Waals surface area contributed by atoms with Crippen LogP contribution in [0.1, 0.15) is 39.0 Å². The molecule has 0 aromatic carbocycles. The molecule has 3 rings (SSSR count). The van der Waals surface area contributed by atoms with Gasteiger partial charge in [0, 0.05) is 25.4 Å². The summed E-state index contributed by atoms with van der Waals surface area (Å²) in [5.41, 5.74) is 0.0353. The summed E-state index contributed by atoms with van der Waals surface area (Å²) in [6.45, 7) is 5.57. The summed E-state index contributed by atoms with van der Waals surface area (Å²) in [7, 11) is 0. The van der Waals surface area contributed by atoms with E-state index < -0.39 is 0 Å². The summed E-state index contributed by atoms with van der Waals surface area (Å²) in [6, 6.07) is 0.495. The van der Waals surface area contributed by atoms with Crippen LogP contribution in [0.15, 0.2) is 0 Å². The molecule has 0 radical (unpaired) electrons. The first-order chi connectivity index (χ1) is 8.29. The van der Waals surface area contributed by atoms with E-state index in [-0.39, 0.29) is 11.4 Å². The van der Waals surface area contributed by atoms with Crippen molar-refractivity contribution in [1.29, 1.82) is 0 Å². The van der Waals surface area contributed by atoms with E-state index in [2.05, 4.69) is 12.2 Å². The molecule has 4 nitrogen and oxygen atoms in total. The summed E-state index contributed by atoms with van der Waals surface area (Å²) < 4.78 is 17.7. The van der Waals surface area contributed by atoms with Crippen LogP contribution >= 0.6 is 0 Å². The lowest BCUT2D eigenvalue weighted by atomic mass is 9.75. The predicted octanol–water partition coefficient (Wildman–Crippen LogP) is 1.44. The van der Waals surface area contributed by atoms with Crippen LogP contribution in [-0.2, 0) is 14.2 Å². The highest BCUT2D eigenvalue weighted by Gasteiger charge is 2.50. The van der Waals surface area contributed by atoms with Crippen molar-refractivity contribution in [3.8, 4) is 0 Å². The Labute approximate surface area is 103 Å². The van der Waals surface area contributed by atoms with E-state index in [1.807, 2.05) is 0 Å². The highest BCUT2D eigenvalue weighted by atomic mass is 16.7. The molecule has 17 heavy (non-hydrogen) atoms. The molecule has 0 aromatic heterocycles. The Morgan fingerprint density at radius 3 is 2.35 bits per heavy atom. The number of rotatable bonds is 1. The molecule has 2 saturated heterocycles. The highest BCUT2D eigenvalue weighted by Crippen LogP contribution is 2.44. The zero-order valence-corrected chi connectivity index (χ0v) is 10.7. The zero-order valence-electron chi connectivity index (χ0n) is 10.7. The first-order valence-electron chi connectivity index (χ1n) is 6.94. The van der Waals surface area contributed by atoms with Crippen molar-refractivity contribution in [2.45, 2.75) is 56.5 Å². The maximum Gasteiger partial charge on any atom is 0.168 e. The Hall–Kier alpha value is -0.160. The lowest BCUT2D eigenvalue weighted by Crippen LogP contribution is -2.60. The van der Waals surface area contributed by atoms with Gasteiger partial charge < -0.3 is 19.5 Å². The monoisotopic (exact) mass is 241 g/mol. The second-order valence-electron chi connectivity index (χ2n) is 5.44. The standard InChI is InChI=1S/C13H23NO3/c1-2-11-12(15-8-7-14-11)3-5-13(6-4-12)16-9-10-17-13/h11,14H,2-10H2,1H3. The maximum atomic E-state index is 6.14. The number of hydrogen-bond acceptors (Lipinski definition) is 4. The second-order valence-corrected chi connectivity index (χ2v) is 5.44. The average molecular weight is 241 g/mol. The highest BCUT2D eigenvalue weighted by molar-refractivity contribution is 5.01. The van der Waals surface area contributed by atoms with Gasteiger partial charge in [-0.25, -0.2) is 0 Å². The topological polar surface area (TPSA) is 39.7 Å². The third kappa shape index (κ3) is 2.01. The molecule has 0 bridgehead atoms. The van der Waals surface area contributed by atoms with Crippen LogP contribution < -0.4 is 5.32 Å². The van der Waals surface area contributed by atoms with Gasteiger partial charge >= 0.3 is 0 Å². The quantitative estimate of drug-likeness (QED) is 0.754. The number of hydrogen-bond donors (Lipinski definition) is 1. The molecule has 1 saturated carbocycles. The minimum atomic E-state index is -0.273. The first kappa shape index (κ1) is 11.9. The van der Waals surface area contributed by atoms with Crippen molar-refractivity contribution in [3.63, 3.8) is 0 Å². The van der Waals surface area contributed by atoms with Gasteiger partial charge in [-0.15, -0.1) is 0 Å². The molecule has 3 aliphatic rings. The van der Waals surface area contributed by atoms with E-state index in [1.165, 1.54) is 0 Å². The van der Waals surface area contributed by atoms with Crippen molar-refractivity contribution < 1.29 is 14.2 Å². The van der Waals surface area contributed by atoms with E-state index in [9.17, 15) is 0 Å². The first-order valence-corrected chi connectivity index (χ1v) is 6.94. The van der Waals surface area contributed by atoms with Crippen LogP contribution in [0.5, 0.6) is 0 Å². The fourth-order valence-electron chi connectivity index (χ4n) is 3.62. The van der Waals surface area contributed by atoms with Gasteiger partial charge in [-0.3, -0.25) is 0 Å². The van der Waals surface area contributed by atoms with Gasteiger partial charge in [0.05, 0.1) is 25.4 Å². The largest absolute Gasteiger partial charge is 0.372 e. The Kier molecular flexibility index (Phi) is 3.15. The van der Waals surface area contributed by atoms with E-state index >= 15 is 0 Å². The molecule has 2 heterocycles. The second kappa shape index (κ2) is 4.50. The maximum absolute atomic E-state index is 6.14. The van der Waals surface area contributed by atoms with Crippen molar-refractivity contribution in [2.75, 3.05) is 26.4 Å². The smallest absolute Gasteiger partial charge is 0.168 e. The van der Waals surface area contributed by atoms with E-state index in [1.54, 1.807) is 0 Å². The summed E-state index contributed by atoms with van der Waals surface area (Å²) >= 11 is 0. The molecular formula is C13H23NO3. The van der Waals surface area contributed by atoms with E-state index in [0.29, 0.717) is 6.04 Å². The molecule has 2 spiro atoms. The van der Waals surface area contributed by atoms with Gasteiger partial charge in [-0.05, 0) is 19.3 Å². The average Bonchev–Trinajstić information content (AvgIpc) is 2.83. The van der Waals surface area contributed by atoms with Gasteiger partial charge in [0.15, 0.2) is 5.79 Å². The predicted molar refractivity (Wildman–Crippen MR) is 63.9 cm³/mol. The van der Waals surface area contributed by atoms with Crippen LogP contribution in [-0.4, -0.2) is 43.8 Å². The van der Waals surface area contributed by atoms with Crippen molar-refractivity contribution in [2.24, 2.45) is 0 Å². The minimum absolute atomic E-state index is 0.0353. The minimum Gasteiger partial charge on any atom is -0.372 e. The third-order valence-electron chi connectivity index (χ3n) is 4.60. The van der Waals surface area contributed by atoms with Gasteiger partial charge in [0.1, 0.15) is 0 Å². The summed E-state index contributed by atoms with van der Waals surface area (Å²) in [6.07, 6.45) is 5.20. The molecule has 1 unspecified atom stereocenters. The SMILES string of the molecule is CCC1NCCOC12CCC1(CC2)OCCO1. The zero-order chi connectivity index (χ0) is 11.8. The van der Waals surface area contributed by atoms with Crippen LogP contribution in [0.4, 0.5) is 0 Å². The van der Waals surface area contributed by atoms with Crippen LogP contribution in [0.2, 0.25) is 0 Å². The Morgan fingerprint density at radius 2 is 1.71 bits per heavy atom. The molecule has 0 aromatic rings.